The van der Waals surface area contributed by atoms with Crippen molar-refractivity contribution in [3.63, 3.8) is 0 Å². The Morgan fingerprint density at radius 3 is 2.54 bits per heavy atom. The van der Waals surface area contributed by atoms with Gasteiger partial charge in [0.1, 0.15) is 6.54 Å². The zero-order chi connectivity index (χ0) is 18.1. The quantitative estimate of drug-likeness (QED) is 0.578. The molecule has 2 aromatic carbocycles. The monoisotopic (exact) mass is 439 g/mol. The van der Waals surface area contributed by atoms with Gasteiger partial charge in [0.05, 0.1) is 15.6 Å². The van der Waals surface area contributed by atoms with Gasteiger partial charge in [-0.15, -0.1) is 12.4 Å². The normalized spacial score (nSPS) is 13.1. The molecule has 0 bridgehead atoms. The minimum absolute atomic E-state index is 0. The summed E-state index contributed by atoms with van der Waals surface area (Å²) in [7, 11) is 0. The number of rotatable bonds is 3. The fraction of sp³-hybridized carbons (Fsp3) is 0.286. The average Bonchev–Trinajstić information content (AvgIpc) is 2.79. The molecule has 0 spiro atoms. The predicted molar refractivity (Wildman–Crippen MR) is 121 cm³/mol. The van der Waals surface area contributed by atoms with Gasteiger partial charge in [-0.2, -0.15) is 0 Å². The van der Waals surface area contributed by atoms with Crippen LogP contribution in [0.2, 0.25) is 10.0 Å². The highest BCUT2D eigenvalue weighted by atomic mass is 35.5. The van der Waals surface area contributed by atoms with E-state index in [0.29, 0.717) is 10.0 Å². The van der Waals surface area contributed by atoms with Gasteiger partial charge in [0.25, 0.3) is 0 Å². The van der Waals surface area contributed by atoms with Crippen LogP contribution in [-0.2, 0) is 24.2 Å². The molecule has 2 heterocycles. The summed E-state index contributed by atoms with van der Waals surface area (Å²) in [5.41, 5.74) is 4.12. The predicted octanol–water partition coefficient (Wildman–Crippen LogP) is 5.33. The fourth-order valence-electron chi connectivity index (χ4n) is 3.65. The van der Waals surface area contributed by atoms with Crippen molar-refractivity contribution in [2.75, 3.05) is 18.4 Å². The lowest BCUT2D eigenvalue weighted by molar-refractivity contribution is -0.116. The van der Waals surface area contributed by atoms with Crippen molar-refractivity contribution in [1.29, 1.82) is 0 Å². The maximum atomic E-state index is 12.6. The number of anilines is 1. The van der Waals surface area contributed by atoms with Crippen LogP contribution < -0.4 is 10.6 Å². The Morgan fingerprint density at radius 1 is 1.07 bits per heavy atom. The number of hydrogen-bond acceptors (Lipinski definition) is 2. The first-order chi connectivity index (χ1) is 12.6. The van der Waals surface area contributed by atoms with Crippen molar-refractivity contribution in [1.82, 2.24) is 9.88 Å². The summed E-state index contributed by atoms with van der Waals surface area (Å²) in [5.74, 6) is -0.0563. The maximum absolute atomic E-state index is 12.6. The van der Waals surface area contributed by atoms with Gasteiger partial charge >= 0.3 is 0 Å². The number of benzene rings is 2. The molecule has 2 N–H and O–H groups in total. The van der Waals surface area contributed by atoms with E-state index in [1.54, 1.807) is 6.07 Å². The second kappa shape index (κ2) is 9.66. The molecular formula is C21H24Cl3N3O. The molecule has 1 amide bonds. The first-order valence-corrected chi connectivity index (χ1v) is 9.44. The SMILES string of the molecule is C.Cl.O=C(Cn1c2c(c3c(Cl)c(Cl)ccc31)CCNCC2)Nc1ccccc1. The van der Waals surface area contributed by atoms with Crippen LogP contribution >= 0.6 is 35.6 Å². The first-order valence-electron chi connectivity index (χ1n) is 8.68. The van der Waals surface area contributed by atoms with E-state index in [9.17, 15) is 4.79 Å². The van der Waals surface area contributed by atoms with Gasteiger partial charge in [0.15, 0.2) is 0 Å². The molecule has 1 aliphatic heterocycles. The number of halogens is 3. The van der Waals surface area contributed by atoms with Crippen LogP contribution in [0.4, 0.5) is 5.69 Å². The molecule has 1 aromatic heterocycles. The van der Waals surface area contributed by atoms with E-state index in [0.717, 1.165) is 48.2 Å². The Labute approximate surface area is 181 Å². The molecule has 0 saturated carbocycles. The molecule has 150 valence electrons. The molecule has 4 nitrogen and oxygen atoms in total. The van der Waals surface area contributed by atoms with E-state index >= 15 is 0 Å². The van der Waals surface area contributed by atoms with Crippen LogP contribution in [0.5, 0.6) is 0 Å². The Balaban J connectivity index is 0.00000140. The van der Waals surface area contributed by atoms with E-state index in [1.165, 1.54) is 5.56 Å². The minimum atomic E-state index is -0.0563. The average molecular weight is 441 g/mol. The maximum Gasteiger partial charge on any atom is 0.244 e. The van der Waals surface area contributed by atoms with Gasteiger partial charge < -0.3 is 15.2 Å². The summed E-state index contributed by atoms with van der Waals surface area (Å²) in [5, 5.41) is 8.47. The van der Waals surface area contributed by atoms with Gasteiger partial charge in [-0.25, -0.2) is 0 Å². The van der Waals surface area contributed by atoms with Gasteiger partial charge in [-0.05, 0) is 42.8 Å². The van der Waals surface area contributed by atoms with Crippen LogP contribution in [0.3, 0.4) is 0 Å². The Hall–Kier alpha value is -1.72. The zero-order valence-electron chi connectivity index (χ0n) is 14.6. The van der Waals surface area contributed by atoms with Crippen LogP contribution in [0.1, 0.15) is 18.7 Å². The molecule has 3 aromatic rings. The van der Waals surface area contributed by atoms with Gasteiger partial charge in [-0.3, -0.25) is 4.79 Å². The molecule has 0 atom stereocenters. The number of amides is 1. The lowest BCUT2D eigenvalue weighted by Crippen LogP contribution is -2.21. The highest BCUT2D eigenvalue weighted by Crippen LogP contribution is 2.37. The Kier molecular flexibility index (Phi) is 7.79. The first kappa shape index (κ1) is 22.6. The summed E-state index contributed by atoms with van der Waals surface area (Å²) in [6.45, 7) is 2.03. The molecule has 28 heavy (non-hydrogen) atoms. The van der Waals surface area contributed by atoms with Crippen molar-refractivity contribution in [2.45, 2.75) is 26.8 Å². The van der Waals surface area contributed by atoms with Crippen molar-refractivity contribution in [3.05, 3.63) is 63.8 Å². The molecule has 0 unspecified atom stereocenters. The van der Waals surface area contributed by atoms with Crippen molar-refractivity contribution < 1.29 is 4.79 Å². The van der Waals surface area contributed by atoms with Crippen molar-refractivity contribution >= 4 is 58.1 Å². The van der Waals surface area contributed by atoms with Crippen molar-refractivity contribution in [3.8, 4) is 0 Å². The third kappa shape index (κ3) is 4.31. The van der Waals surface area contributed by atoms with Gasteiger partial charge in [-0.1, -0.05) is 48.8 Å². The molecule has 0 aliphatic carbocycles. The van der Waals surface area contributed by atoms with E-state index in [2.05, 4.69) is 15.2 Å². The third-order valence-corrected chi connectivity index (χ3v) is 5.59. The van der Waals surface area contributed by atoms with E-state index in [1.807, 2.05) is 36.4 Å². The molecule has 0 saturated heterocycles. The Bertz CT molecular complexity index is 970. The second-order valence-corrected chi connectivity index (χ2v) is 7.22. The zero-order valence-corrected chi connectivity index (χ0v) is 16.9. The summed E-state index contributed by atoms with van der Waals surface area (Å²) in [6, 6.07) is 13.3. The molecule has 0 radical (unpaired) electrons. The fourth-order valence-corrected chi connectivity index (χ4v) is 4.08. The summed E-state index contributed by atoms with van der Waals surface area (Å²) in [6.07, 6.45) is 1.73. The number of fused-ring (bicyclic) bond motifs is 3. The van der Waals surface area contributed by atoms with Crippen molar-refractivity contribution in [2.24, 2.45) is 0 Å². The molecular weight excluding hydrogens is 417 g/mol. The van der Waals surface area contributed by atoms with E-state index < -0.39 is 0 Å². The van der Waals surface area contributed by atoms with Crippen LogP contribution in [0.15, 0.2) is 42.5 Å². The molecule has 1 aliphatic rings. The van der Waals surface area contributed by atoms with Crippen LogP contribution in [-0.4, -0.2) is 23.6 Å². The number of para-hydroxylation sites is 1. The van der Waals surface area contributed by atoms with Gasteiger partial charge in [0, 0.05) is 29.7 Å². The van der Waals surface area contributed by atoms with Crippen LogP contribution in [0.25, 0.3) is 10.9 Å². The number of nitrogens with zero attached hydrogens (tertiary/aromatic N) is 1. The summed E-state index contributed by atoms with van der Waals surface area (Å²) >= 11 is 12.8. The van der Waals surface area contributed by atoms with Gasteiger partial charge in [0.2, 0.25) is 5.91 Å². The second-order valence-electron chi connectivity index (χ2n) is 6.43. The number of nitrogens with one attached hydrogen (secondary N) is 2. The van der Waals surface area contributed by atoms with E-state index in [-0.39, 0.29) is 32.3 Å². The highest BCUT2D eigenvalue weighted by molar-refractivity contribution is 6.45. The number of hydrogen-bond donors (Lipinski definition) is 2. The van der Waals surface area contributed by atoms with E-state index in [4.69, 9.17) is 23.2 Å². The largest absolute Gasteiger partial charge is 0.335 e. The molecule has 7 heteroatoms. The smallest absolute Gasteiger partial charge is 0.244 e. The highest BCUT2D eigenvalue weighted by Gasteiger charge is 2.22. The lowest BCUT2D eigenvalue weighted by Gasteiger charge is -2.11. The topological polar surface area (TPSA) is 46.1 Å². The minimum Gasteiger partial charge on any atom is -0.335 e. The molecule has 0 fully saturated rings. The number of carbonyl (C=O) groups is 1. The number of carbonyl (C=O) groups excluding carboxylic acids is 1. The summed E-state index contributed by atoms with van der Waals surface area (Å²) in [4.78, 5) is 12.6. The standard InChI is InChI=1S/C20H19Cl2N3O.CH4.ClH/c21-15-6-7-17-19(20(15)22)14-8-10-23-11-9-16(14)25(17)12-18(26)24-13-4-2-1-3-5-13;;/h1-7,23H,8-12H2,(H,24,26);1H4;1H. The third-order valence-electron chi connectivity index (χ3n) is 4.79. The number of aromatic nitrogens is 1. The summed E-state index contributed by atoms with van der Waals surface area (Å²) < 4.78 is 2.08. The van der Waals surface area contributed by atoms with Crippen LogP contribution in [0, 0.1) is 0 Å². The Morgan fingerprint density at radius 2 is 1.79 bits per heavy atom. The molecule has 4 rings (SSSR count). The lowest BCUT2D eigenvalue weighted by atomic mass is 10.1.